The third-order valence-corrected chi connectivity index (χ3v) is 6.71. The molecule has 0 saturated carbocycles. The Balaban J connectivity index is 1.89. The number of amides is 1. The van der Waals surface area contributed by atoms with E-state index in [1.165, 1.54) is 25.8 Å². The predicted molar refractivity (Wildman–Crippen MR) is 130 cm³/mol. The molecule has 0 saturated heterocycles. The van der Waals surface area contributed by atoms with Gasteiger partial charge in [0.25, 0.3) is 11.8 Å². The molecule has 1 atom stereocenters. The van der Waals surface area contributed by atoms with Crippen molar-refractivity contribution < 1.29 is 24.0 Å². The van der Waals surface area contributed by atoms with Crippen LogP contribution in [0.25, 0.3) is 0 Å². The average Bonchev–Trinajstić information content (AvgIpc) is 3.21. The lowest BCUT2D eigenvalue weighted by Crippen LogP contribution is -2.29. The molecule has 2 aromatic rings. The molecular formula is C22H28N4O5S2. The summed E-state index contributed by atoms with van der Waals surface area (Å²) in [4.78, 5) is 29.3. The average molecular weight is 493 g/mol. The maximum atomic E-state index is 13.1. The van der Waals surface area contributed by atoms with Crippen molar-refractivity contribution in [2.24, 2.45) is 0 Å². The normalized spacial score (nSPS) is 18.1. The van der Waals surface area contributed by atoms with E-state index in [9.17, 15) is 14.7 Å². The van der Waals surface area contributed by atoms with Crippen molar-refractivity contribution in [1.82, 2.24) is 15.5 Å². The van der Waals surface area contributed by atoms with E-state index in [1.807, 2.05) is 6.92 Å². The summed E-state index contributed by atoms with van der Waals surface area (Å²) in [5.41, 5.74) is 1.85. The highest BCUT2D eigenvalue weighted by Gasteiger charge is 2.24. The van der Waals surface area contributed by atoms with Crippen LogP contribution in [0.15, 0.2) is 10.6 Å². The van der Waals surface area contributed by atoms with Crippen LogP contribution in [0.1, 0.15) is 72.4 Å². The number of thioether (sulfide) groups is 1. The number of phenolic OH excluding ortho intramolecular Hbond substituents is 1. The van der Waals surface area contributed by atoms with Gasteiger partial charge in [0.2, 0.25) is 5.91 Å². The molecule has 3 rings (SSSR count). The molecule has 3 N–H and O–H groups in total. The van der Waals surface area contributed by atoms with Gasteiger partial charge in [0, 0.05) is 47.6 Å². The maximum Gasteiger partial charge on any atom is 0.270 e. The molecule has 1 aliphatic heterocycles. The van der Waals surface area contributed by atoms with E-state index in [-0.39, 0.29) is 29.4 Å². The number of phenols is 1. The first kappa shape index (κ1) is 25.0. The van der Waals surface area contributed by atoms with Gasteiger partial charge in [-0.15, -0.1) is 0 Å². The number of benzene rings is 1. The van der Waals surface area contributed by atoms with Crippen molar-refractivity contribution >= 4 is 46.6 Å². The number of hydrogen-bond donors (Lipinski definition) is 3. The summed E-state index contributed by atoms with van der Waals surface area (Å²) in [7, 11) is 1.52. The van der Waals surface area contributed by atoms with Crippen molar-refractivity contribution in [3.63, 3.8) is 0 Å². The number of carbonyl (C=O) groups excluding carboxylic acids is 2. The second-order valence-electron chi connectivity index (χ2n) is 7.83. The molecule has 1 aliphatic rings. The quantitative estimate of drug-likeness (QED) is 0.539. The Morgan fingerprint density at radius 2 is 2.12 bits per heavy atom. The second kappa shape index (κ2) is 11.5. The summed E-state index contributed by atoms with van der Waals surface area (Å²) >= 11 is 7.00. The van der Waals surface area contributed by atoms with Crippen LogP contribution >= 0.6 is 24.0 Å². The molecule has 0 fully saturated rings. The van der Waals surface area contributed by atoms with E-state index in [0.717, 1.165) is 24.8 Å². The molecule has 11 heteroatoms. The molecule has 1 aromatic carbocycles. The first-order valence-electron chi connectivity index (χ1n) is 10.7. The lowest BCUT2D eigenvalue weighted by molar-refractivity contribution is -0.114. The Labute approximate surface area is 202 Å². The third kappa shape index (κ3) is 6.44. The minimum Gasteiger partial charge on any atom is -0.507 e. The molecule has 2 heterocycles. The number of Topliss-reactive ketones (excluding diaryl/α,β-unsaturated/α-hetero) is 1. The minimum atomic E-state index is -0.388. The Bertz CT molecular complexity index is 1040. The van der Waals surface area contributed by atoms with Gasteiger partial charge in [-0.3, -0.25) is 14.9 Å². The molecule has 0 unspecified atom stereocenters. The molecule has 1 amide bonds. The maximum absolute atomic E-state index is 13.1. The van der Waals surface area contributed by atoms with Gasteiger partial charge < -0.3 is 19.7 Å². The topological polar surface area (TPSA) is 127 Å². The van der Waals surface area contributed by atoms with E-state index in [0.29, 0.717) is 52.1 Å². The fourth-order valence-electron chi connectivity index (χ4n) is 3.71. The molecule has 9 nitrogen and oxygen atoms in total. The van der Waals surface area contributed by atoms with Gasteiger partial charge in [0.15, 0.2) is 5.78 Å². The summed E-state index contributed by atoms with van der Waals surface area (Å²) < 4.78 is 10.7. The van der Waals surface area contributed by atoms with Crippen LogP contribution in [0, 0.1) is 6.92 Å². The minimum absolute atomic E-state index is 0.00320. The van der Waals surface area contributed by atoms with Crippen LogP contribution in [0.3, 0.4) is 0 Å². The molecule has 0 aliphatic carbocycles. The van der Waals surface area contributed by atoms with Crippen LogP contribution in [0.2, 0.25) is 0 Å². The smallest absolute Gasteiger partial charge is 0.270 e. The van der Waals surface area contributed by atoms with Crippen LogP contribution in [0.4, 0.5) is 5.95 Å². The largest absolute Gasteiger partial charge is 0.507 e. The SMILES string of the molecule is COc1cc(O)c2c(c1C)C(=O)CCCCCC(=S)N[C@H](c1nc(NC(C)=O)no1)CSC2. The number of ether oxygens (including phenoxy) is 1. The number of carbonyl (C=O) groups is 2. The zero-order chi connectivity index (χ0) is 24.0. The highest BCUT2D eigenvalue weighted by atomic mass is 32.2. The third-order valence-electron chi connectivity index (χ3n) is 5.32. The standard InChI is InChI=1S/C22H28N4O5S2/c1-12-18(30-3)9-17(29)14-10-33-11-15(21-25-22(26-31-21)23-13(2)27)24-19(32)8-6-4-5-7-16(28)20(12)14/h9,15,29H,4-8,10-11H2,1-3H3,(H,24,32)(H,23,26,27)/t15-/m0/s1. The number of aromatic nitrogens is 2. The number of ketones is 1. The van der Waals surface area contributed by atoms with E-state index < -0.39 is 0 Å². The first-order chi connectivity index (χ1) is 15.8. The number of rotatable bonds is 3. The molecular weight excluding hydrogens is 464 g/mol. The van der Waals surface area contributed by atoms with E-state index >= 15 is 0 Å². The molecule has 0 spiro atoms. The van der Waals surface area contributed by atoms with Crippen LogP contribution in [0.5, 0.6) is 11.5 Å². The summed E-state index contributed by atoms with van der Waals surface area (Å²) in [5, 5.41) is 20.2. The van der Waals surface area contributed by atoms with Gasteiger partial charge in [-0.05, 0) is 31.3 Å². The Morgan fingerprint density at radius 1 is 1.36 bits per heavy atom. The van der Waals surface area contributed by atoms with Crippen molar-refractivity contribution in [3.8, 4) is 11.5 Å². The van der Waals surface area contributed by atoms with Crippen LogP contribution in [-0.2, 0) is 10.5 Å². The fourth-order valence-corrected chi connectivity index (χ4v) is 5.07. The van der Waals surface area contributed by atoms with Gasteiger partial charge in [-0.25, -0.2) is 0 Å². The van der Waals surface area contributed by atoms with Gasteiger partial charge in [0.05, 0.1) is 12.1 Å². The number of aromatic hydroxyl groups is 1. The molecule has 0 radical (unpaired) electrons. The van der Waals surface area contributed by atoms with E-state index in [2.05, 4.69) is 20.8 Å². The van der Waals surface area contributed by atoms with Gasteiger partial charge in [-0.2, -0.15) is 16.7 Å². The van der Waals surface area contributed by atoms with Crippen molar-refractivity contribution in [2.45, 2.75) is 57.7 Å². The number of nitrogens with zero attached hydrogens (tertiary/aromatic N) is 2. The Morgan fingerprint density at radius 3 is 2.85 bits per heavy atom. The van der Waals surface area contributed by atoms with Crippen molar-refractivity contribution in [1.29, 1.82) is 0 Å². The van der Waals surface area contributed by atoms with Gasteiger partial charge in [-0.1, -0.05) is 18.6 Å². The molecule has 0 bridgehead atoms. The number of anilines is 1. The Kier molecular flexibility index (Phi) is 8.67. The lowest BCUT2D eigenvalue weighted by atomic mass is 9.94. The fraction of sp³-hybridized carbons (Fsp3) is 0.500. The molecule has 33 heavy (non-hydrogen) atoms. The summed E-state index contributed by atoms with van der Waals surface area (Å²) in [6, 6.07) is 1.16. The molecule has 178 valence electrons. The summed E-state index contributed by atoms with van der Waals surface area (Å²) in [6.45, 7) is 3.20. The highest BCUT2D eigenvalue weighted by molar-refractivity contribution is 7.98. The number of thiocarbonyl (C=S) groups is 1. The number of nitrogens with one attached hydrogen (secondary N) is 2. The number of hydrogen-bond acceptors (Lipinski definition) is 9. The van der Waals surface area contributed by atoms with Crippen LogP contribution in [-0.4, -0.2) is 44.8 Å². The van der Waals surface area contributed by atoms with E-state index in [4.69, 9.17) is 21.5 Å². The number of fused-ring (bicyclic) bond motifs is 1. The van der Waals surface area contributed by atoms with E-state index in [1.54, 1.807) is 6.07 Å². The van der Waals surface area contributed by atoms with Crippen molar-refractivity contribution in [2.75, 3.05) is 18.2 Å². The predicted octanol–water partition coefficient (Wildman–Crippen LogP) is 4.09. The van der Waals surface area contributed by atoms with Gasteiger partial charge >= 0.3 is 0 Å². The second-order valence-corrected chi connectivity index (χ2v) is 9.36. The lowest BCUT2D eigenvalue weighted by Gasteiger charge is -2.20. The Hall–Kier alpha value is -2.66. The van der Waals surface area contributed by atoms with Crippen molar-refractivity contribution in [3.05, 3.63) is 28.6 Å². The highest BCUT2D eigenvalue weighted by Crippen LogP contribution is 2.36. The first-order valence-corrected chi connectivity index (χ1v) is 12.3. The van der Waals surface area contributed by atoms with Crippen LogP contribution < -0.4 is 15.4 Å². The molecule has 1 aromatic heterocycles. The number of methoxy groups -OCH3 is 1. The monoisotopic (exact) mass is 492 g/mol. The zero-order valence-corrected chi connectivity index (χ0v) is 20.5. The van der Waals surface area contributed by atoms with Gasteiger partial charge in [0.1, 0.15) is 17.5 Å². The summed E-state index contributed by atoms with van der Waals surface area (Å²) in [6.07, 6.45) is 3.52. The summed E-state index contributed by atoms with van der Waals surface area (Å²) in [5.74, 6) is 1.50. The zero-order valence-electron chi connectivity index (χ0n) is 18.9.